The van der Waals surface area contributed by atoms with Crippen molar-refractivity contribution < 1.29 is 27.8 Å². The minimum atomic E-state index is -3.29. The fourth-order valence-corrected chi connectivity index (χ4v) is 9.25. The summed E-state index contributed by atoms with van der Waals surface area (Å²) < 4.78 is 38.2. The number of amides is 1. The normalized spacial score (nSPS) is 24.8. The monoisotopic (exact) mass is 652 g/mol. The van der Waals surface area contributed by atoms with Crippen molar-refractivity contribution in [2.24, 2.45) is 5.92 Å². The van der Waals surface area contributed by atoms with Crippen LogP contribution in [0.1, 0.15) is 74.8 Å². The fourth-order valence-electron chi connectivity index (χ4n) is 7.66. The maximum atomic E-state index is 13.9. The maximum absolute atomic E-state index is 13.9. The number of fused-ring (bicyclic) bond motifs is 3. The molecular formula is C35H41ClN2O6S. The quantitative estimate of drug-likeness (QED) is 0.310. The molecule has 10 heteroatoms. The van der Waals surface area contributed by atoms with Gasteiger partial charge in [0, 0.05) is 22.8 Å². The highest BCUT2D eigenvalue weighted by Gasteiger charge is 2.50. The van der Waals surface area contributed by atoms with E-state index in [4.69, 9.17) is 21.1 Å². The lowest BCUT2D eigenvalue weighted by Gasteiger charge is -2.43. The van der Waals surface area contributed by atoms with E-state index in [-0.39, 0.29) is 36.4 Å². The summed E-state index contributed by atoms with van der Waals surface area (Å²) in [5.74, 6) is 1.05. The van der Waals surface area contributed by atoms with Crippen LogP contribution in [-0.2, 0) is 26.8 Å². The summed E-state index contributed by atoms with van der Waals surface area (Å²) in [4.78, 5) is 15.7. The molecule has 2 bridgehead atoms. The van der Waals surface area contributed by atoms with E-state index in [1.54, 1.807) is 16.3 Å². The molecule has 3 aromatic carbocycles. The molecule has 1 amide bonds. The zero-order valence-electron chi connectivity index (χ0n) is 26.4. The summed E-state index contributed by atoms with van der Waals surface area (Å²) in [7, 11) is -1.70. The first-order chi connectivity index (χ1) is 21.3. The number of rotatable bonds is 8. The molecule has 2 fully saturated rings. The number of nitrogens with zero attached hydrogens (tertiary/aromatic N) is 2. The molecule has 1 N–H and O–H groups in total. The number of anilines is 1. The van der Waals surface area contributed by atoms with Gasteiger partial charge in [-0.1, -0.05) is 35.9 Å². The van der Waals surface area contributed by atoms with Crippen molar-refractivity contribution in [3.63, 3.8) is 0 Å². The van der Waals surface area contributed by atoms with Crippen LogP contribution in [0.4, 0.5) is 5.69 Å². The third-order valence-electron chi connectivity index (χ3n) is 9.71. The molecule has 0 aliphatic carbocycles. The number of aliphatic hydroxyl groups is 1. The number of carbonyl (C=O) groups is 1. The molecule has 8 nitrogen and oxygen atoms in total. The van der Waals surface area contributed by atoms with Gasteiger partial charge < -0.3 is 19.5 Å². The summed E-state index contributed by atoms with van der Waals surface area (Å²) in [5.41, 5.74) is 3.01. The van der Waals surface area contributed by atoms with Crippen LogP contribution in [0.15, 0.2) is 60.7 Å². The predicted molar refractivity (Wildman–Crippen MR) is 175 cm³/mol. The average Bonchev–Trinajstić information content (AvgIpc) is 3.27. The lowest BCUT2D eigenvalue weighted by molar-refractivity contribution is -0.118. The Morgan fingerprint density at radius 2 is 1.60 bits per heavy atom. The van der Waals surface area contributed by atoms with E-state index in [1.165, 1.54) is 6.26 Å². The second kappa shape index (κ2) is 11.9. The van der Waals surface area contributed by atoms with Crippen LogP contribution in [0.5, 0.6) is 11.5 Å². The third-order valence-corrected chi connectivity index (χ3v) is 11.3. The van der Waals surface area contributed by atoms with Crippen molar-refractivity contribution in [2.75, 3.05) is 18.3 Å². The minimum Gasteiger partial charge on any atom is -0.493 e. The smallest absolute Gasteiger partial charge is 0.232 e. The summed E-state index contributed by atoms with van der Waals surface area (Å²) >= 11 is 6.26. The van der Waals surface area contributed by atoms with Gasteiger partial charge in [-0.15, -0.1) is 0 Å². The molecule has 3 aliphatic rings. The van der Waals surface area contributed by atoms with E-state index in [1.807, 2.05) is 81.4 Å². The Morgan fingerprint density at radius 1 is 0.978 bits per heavy atom. The molecular weight excluding hydrogens is 612 g/mol. The summed E-state index contributed by atoms with van der Waals surface area (Å²) in [6, 6.07) is 18.4. The third kappa shape index (κ3) is 5.96. The minimum absolute atomic E-state index is 0.0636. The fraction of sp³-hybridized carbons (Fsp3) is 0.457. The van der Waals surface area contributed by atoms with Crippen molar-refractivity contribution in [3.05, 3.63) is 87.9 Å². The zero-order valence-corrected chi connectivity index (χ0v) is 27.9. The van der Waals surface area contributed by atoms with Crippen molar-refractivity contribution >= 4 is 33.2 Å². The van der Waals surface area contributed by atoms with Gasteiger partial charge in [-0.2, -0.15) is 4.31 Å². The second-order valence-electron chi connectivity index (χ2n) is 13.1. The van der Waals surface area contributed by atoms with E-state index < -0.39 is 21.7 Å². The van der Waals surface area contributed by atoms with Crippen LogP contribution in [-0.4, -0.2) is 55.3 Å². The van der Waals surface area contributed by atoms with Gasteiger partial charge in [0.15, 0.2) is 11.5 Å². The number of benzene rings is 3. The molecule has 0 saturated carbocycles. The number of sulfonamides is 1. The van der Waals surface area contributed by atoms with Crippen molar-refractivity contribution in [1.29, 1.82) is 0 Å². The largest absolute Gasteiger partial charge is 0.493 e. The molecule has 45 heavy (non-hydrogen) atoms. The van der Waals surface area contributed by atoms with Gasteiger partial charge in [0.05, 0.1) is 37.5 Å². The van der Waals surface area contributed by atoms with E-state index >= 15 is 0 Å². The second-order valence-corrected chi connectivity index (χ2v) is 15.4. The van der Waals surface area contributed by atoms with Crippen LogP contribution in [0.25, 0.3) is 0 Å². The van der Waals surface area contributed by atoms with Gasteiger partial charge in [-0.05, 0) is 111 Å². The summed E-state index contributed by atoms with van der Waals surface area (Å²) in [5, 5.41) is 12.5. The summed E-state index contributed by atoms with van der Waals surface area (Å²) in [6.45, 7) is 5.74. The van der Waals surface area contributed by atoms with Gasteiger partial charge in [-0.25, -0.2) is 8.42 Å². The molecule has 0 radical (unpaired) electrons. The van der Waals surface area contributed by atoms with E-state index in [9.17, 15) is 18.3 Å². The summed E-state index contributed by atoms with van der Waals surface area (Å²) in [6.07, 6.45) is 4.28. The molecule has 3 aliphatic heterocycles. The Bertz CT molecular complexity index is 1680. The number of methoxy groups -OCH3 is 1. The van der Waals surface area contributed by atoms with E-state index in [2.05, 4.69) is 0 Å². The van der Waals surface area contributed by atoms with Gasteiger partial charge >= 0.3 is 0 Å². The standard InChI is InChI=1S/C35H41ClN2O6S/c1-21(2)44-32-20-30-23(16-31(32)43-4)17-33(39)37(34(30)22-6-10-26(36)11-7-22)27-12-8-24(9-13-27)35(3,40)25-18-28-14-15-29(19-25)38(28)45(5,41)42/h6-13,16,20-21,25,28-29,34,40H,14-15,17-19H2,1-5H3/t25?,28?,29?,34-,35?/m0/s1. The maximum Gasteiger partial charge on any atom is 0.232 e. The van der Waals surface area contributed by atoms with Crippen LogP contribution < -0.4 is 14.4 Å². The van der Waals surface area contributed by atoms with E-state index in [0.717, 1.165) is 35.1 Å². The van der Waals surface area contributed by atoms with Crippen LogP contribution in [0, 0.1) is 5.92 Å². The zero-order chi connectivity index (χ0) is 32.3. The number of hydrogen-bond acceptors (Lipinski definition) is 6. The number of hydrogen-bond donors (Lipinski definition) is 1. The number of halogens is 1. The molecule has 0 spiro atoms. The van der Waals surface area contributed by atoms with Crippen molar-refractivity contribution in [2.45, 2.75) is 82.7 Å². The molecule has 4 atom stereocenters. The topological polar surface area (TPSA) is 96.4 Å². The number of piperidine rings is 1. The van der Waals surface area contributed by atoms with E-state index in [0.29, 0.717) is 35.1 Å². The Balaban J connectivity index is 1.35. The molecule has 2 saturated heterocycles. The SMILES string of the molecule is COc1cc2c(cc1OC(C)C)[C@H](c1ccc(Cl)cc1)N(c1ccc(C(C)(O)C3CC4CCC(C3)N4S(C)(=O)=O)cc1)C(=O)C2. The molecule has 240 valence electrons. The highest BCUT2D eigenvalue weighted by Crippen LogP contribution is 2.48. The first-order valence-corrected chi connectivity index (χ1v) is 17.8. The average molecular weight is 653 g/mol. The van der Waals surface area contributed by atoms with Crippen LogP contribution >= 0.6 is 11.6 Å². The highest BCUT2D eigenvalue weighted by molar-refractivity contribution is 7.88. The molecule has 3 aromatic rings. The van der Waals surface area contributed by atoms with Gasteiger partial charge in [0.2, 0.25) is 15.9 Å². The predicted octanol–water partition coefficient (Wildman–Crippen LogP) is 6.22. The molecule has 3 unspecified atom stereocenters. The number of carbonyl (C=O) groups excluding carboxylic acids is 1. The van der Waals surface area contributed by atoms with Crippen molar-refractivity contribution in [3.8, 4) is 11.5 Å². The van der Waals surface area contributed by atoms with Crippen LogP contribution in [0.2, 0.25) is 5.02 Å². The Labute approximate surface area is 270 Å². The Hall–Kier alpha value is -3.11. The molecule has 3 heterocycles. The first-order valence-electron chi connectivity index (χ1n) is 15.5. The number of ether oxygens (including phenoxy) is 2. The van der Waals surface area contributed by atoms with Crippen molar-refractivity contribution in [1.82, 2.24) is 4.31 Å². The lowest BCUT2D eigenvalue weighted by atomic mass is 9.75. The molecule has 6 rings (SSSR count). The Kier molecular flexibility index (Phi) is 8.44. The lowest BCUT2D eigenvalue weighted by Crippen LogP contribution is -2.50. The Morgan fingerprint density at radius 3 is 2.16 bits per heavy atom. The highest BCUT2D eigenvalue weighted by atomic mass is 35.5. The molecule has 0 aromatic heterocycles. The van der Waals surface area contributed by atoms with Gasteiger partial charge in [0.25, 0.3) is 0 Å². The van der Waals surface area contributed by atoms with Gasteiger partial charge in [-0.3, -0.25) is 4.79 Å². The van der Waals surface area contributed by atoms with Crippen LogP contribution in [0.3, 0.4) is 0 Å². The van der Waals surface area contributed by atoms with Gasteiger partial charge in [0.1, 0.15) is 0 Å². The first kappa shape index (κ1) is 31.9.